The van der Waals surface area contributed by atoms with Gasteiger partial charge < -0.3 is 19.3 Å². The van der Waals surface area contributed by atoms with Crippen molar-refractivity contribution in [1.29, 1.82) is 0 Å². The van der Waals surface area contributed by atoms with E-state index in [2.05, 4.69) is 4.90 Å². The maximum atomic E-state index is 12.5. The number of rotatable bonds is 7. The van der Waals surface area contributed by atoms with Gasteiger partial charge in [-0.25, -0.2) is 0 Å². The summed E-state index contributed by atoms with van der Waals surface area (Å²) in [5.41, 5.74) is 0.758. The first-order chi connectivity index (χ1) is 13.3. The van der Waals surface area contributed by atoms with Crippen molar-refractivity contribution in [1.82, 2.24) is 14.7 Å². The molecule has 0 aliphatic carbocycles. The minimum atomic E-state index is -0.0671. The molecule has 0 unspecified atom stereocenters. The van der Waals surface area contributed by atoms with E-state index >= 15 is 0 Å². The molecular weight excluding hydrogens is 382 g/mol. The van der Waals surface area contributed by atoms with Gasteiger partial charge >= 0.3 is 0 Å². The summed E-state index contributed by atoms with van der Waals surface area (Å²) < 4.78 is 10.8. The second kappa shape index (κ2) is 10.3. The summed E-state index contributed by atoms with van der Waals surface area (Å²) in [5, 5.41) is 0.437. The van der Waals surface area contributed by atoms with Crippen molar-refractivity contribution >= 4 is 29.5 Å². The molecule has 1 aliphatic heterocycles. The predicted octanol–water partition coefficient (Wildman–Crippen LogP) is 1.99. The largest absolute Gasteiger partial charge is 0.493 e. The fourth-order valence-corrected chi connectivity index (χ4v) is 3.13. The SMILES string of the molecule is CCOc1c(Cl)cc(C=CC(=O)N2CCN(CC(=O)N(C)C)CC2)cc1OC. The molecule has 1 aromatic carbocycles. The molecule has 2 rings (SSSR count). The standard InChI is InChI=1S/C20H28ClN3O4/c1-5-28-20-16(21)12-15(13-17(20)27-4)6-7-18(25)24-10-8-23(9-11-24)14-19(26)22(2)3/h6-7,12-13H,5,8-11,14H2,1-4H3. The third kappa shape index (κ3) is 5.87. The van der Waals surface area contributed by atoms with Crippen molar-refractivity contribution in [2.45, 2.75) is 6.92 Å². The van der Waals surface area contributed by atoms with Gasteiger partial charge in [-0.1, -0.05) is 11.6 Å². The minimum Gasteiger partial charge on any atom is -0.493 e. The van der Waals surface area contributed by atoms with Crippen LogP contribution in [0.1, 0.15) is 12.5 Å². The van der Waals surface area contributed by atoms with Gasteiger partial charge in [0.25, 0.3) is 0 Å². The Morgan fingerprint density at radius 3 is 2.46 bits per heavy atom. The Kier molecular flexibility index (Phi) is 8.14. The number of nitrogens with zero attached hydrogens (tertiary/aromatic N) is 3. The molecule has 1 aromatic rings. The van der Waals surface area contributed by atoms with E-state index in [1.807, 2.05) is 6.92 Å². The van der Waals surface area contributed by atoms with Crippen molar-refractivity contribution in [3.05, 3.63) is 28.8 Å². The van der Waals surface area contributed by atoms with Crippen LogP contribution >= 0.6 is 11.6 Å². The number of halogens is 1. The lowest BCUT2D eigenvalue weighted by Crippen LogP contribution is -2.50. The van der Waals surface area contributed by atoms with E-state index in [1.54, 1.807) is 49.2 Å². The second-order valence-electron chi connectivity index (χ2n) is 6.69. The molecule has 154 valence electrons. The van der Waals surface area contributed by atoms with E-state index in [0.717, 1.165) is 5.56 Å². The van der Waals surface area contributed by atoms with Crippen molar-refractivity contribution in [2.24, 2.45) is 0 Å². The van der Waals surface area contributed by atoms with E-state index in [0.29, 0.717) is 55.9 Å². The Morgan fingerprint density at radius 2 is 1.89 bits per heavy atom. The molecule has 0 saturated carbocycles. The zero-order valence-electron chi connectivity index (χ0n) is 16.9. The molecule has 1 aliphatic rings. The van der Waals surface area contributed by atoms with Gasteiger partial charge in [0.15, 0.2) is 11.5 Å². The van der Waals surface area contributed by atoms with E-state index in [1.165, 1.54) is 6.08 Å². The number of methoxy groups -OCH3 is 1. The molecule has 0 radical (unpaired) electrons. The van der Waals surface area contributed by atoms with Gasteiger partial charge in [0, 0.05) is 46.4 Å². The lowest BCUT2D eigenvalue weighted by atomic mass is 10.1. The Bertz CT molecular complexity index is 728. The van der Waals surface area contributed by atoms with Crippen LogP contribution in [0.2, 0.25) is 5.02 Å². The van der Waals surface area contributed by atoms with Crippen LogP contribution in [0.25, 0.3) is 6.08 Å². The normalized spacial score (nSPS) is 15.0. The first-order valence-electron chi connectivity index (χ1n) is 9.25. The first kappa shape index (κ1) is 22.0. The summed E-state index contributed by atoms with van der Waals surface area (Å²) in [4.78, 5) is 29.7. The van der Waals surface area contributed by atoms with E-state index in [9.17, 15) is 9.59 Å². The molecule has 7 nitrogen and oxygen atoms in total. The summed E-state index contributed by atoms with van der Waals surface area (Å²) in [6.07, 6.45) is 3.25. The Labute approximate surface area is 171 Å². The van der Waals surface area contributed by atoms with Crippen LogP contribution in [-0.2, 0) is 9.59 Å². The molecule has 0 aromatic heterocycles. The Morgan fingerprint density at radius 1 is 1.21 bits per heavy atom. The van der Waals surface area contributed by atoms with Crippen LogP contribution < -0.4 is 9.47 Å². The Balaban J connectivity index is 1.95. The minimum absolute atomic E-state index is 0.0671. The van der Waals surface area contributed by atoms with E-state index < -0.39 is 0 Å². The molecule has 0 N–H and O–H groups in total. The maximum absolute atomic E-state index is 12.5. The number of benzene rings is 1. The number of likely N-dealkylation sites (N-methyl/N-ethyl adjacent to an activating group) is 1. The van der Waals surface area contributed by atoms with Crippen molar-refractivity contribution in [3.8, 4) is 11.5 Å². The Hall–Kier alpha value is -2.25. The van der Waals surface area contributed by atoms with E-state index in [-0.39, 0.29) is 11.8 Å². The molecular formula is C20H28ClN3O4. The van der Waals surface area contributed by atoms with Crippen LogP contribution in [0.3, 0.4) is 0 Å². The average molecular weight is 410 g/mol. The molecule has 8 heteroatoms. The van der Waals surface area contributed by atoms with Crippen LogP contribution in [0.4, 0.5) is 0 Å². The molecule has 1 heterocycles. The van der Waals surface area contributed by atoms with Gasteiger partial charge in [0.2, 0.25) is 11.8 Å². The third-order valence-corrected chi connectivity index (χ3v) is 4.78. The predicted molar refractivity (Wildman–Crippen MR) is 110 cm³/mol. The van der Waals surface area contributed by atoms with Crippen LogP contribution in [0.5, 0.6) is 11.5 Å². The first-order valence-corrected chi connectivity index (χ1v) is 9.63. The number of carbonyl (C=O) groups is 2. The molecule has 2 amide bonds. The molecule has 0 spiro atoms. The summed E-state index contributed by atoms with van der Waals surface area (Å²) in [6.45, 7) is 5.29. The average Bonchev–Trinajstić information content (AvgIpc) is 2.68. The highest BCUT2D eigenvalue weighted by Crippen LogP contribution is 2.36. The zero-order valence-corrected chi connectivity index (χ0v) is 17.7. The zero-order chi connectivity index (χ0) is 20.7. The number of hydrogen-bond donors (Lipinski definition) is 0. The highest BCUT2D eigenvalue weighted by Gasteiger charge is 2.21. The summed E-state index contributed by atoms with van der Waals surface area (Å²) in [7, 11) is 5.04. The lowest BCUT2D eigenvalue weighted by Gasteiger charge is -2.34. The van der Waals surface area contributed by atoms with Crippen LogP contribution in [-0.4, -0.2) is 87.0 Å². The molecule has 0 bridgehead atoms. The van der Waals surface area contributed by atoms with E-state index in [4.69, 9.17) is 21.1 Å². The monoisotopic (exact) mass is 409 g/mol. The van der Waals surface area contributed by atoms with Gasteiger partial charge in [-0.3, -0.25) is 14.5 Å². The topological polar surface area (TPSA) is 62.3 Å². The lowest BCUT2D eigenvalue weighted by molar-refractivity contribution is -0.131. The molecule has 1 fully saturated rings. The van der Waals surface area contributed by atoms with Gasteiger partial charge in [0.1, 0.15) is 0 Å². The van der Waals surface area contributed by atoms with Crippen LogP contribution in [0, 0.1) is 0 Å². The van der Waals surface area contributed by atoms with Gasteiger partial charge in [-0.05, 0) is 30.7 Å². The number of ether oxygens (including phenoxy) is 2. The quantitative estimate of drug-likeness (QED) is 0.644. The second-order valence-corrected chi connectivity index (χ2v) is 7.10. The molecule has 1 saturated heterocycles. The van der Waals surface area contributed by atoms with Gasteiger partial charge in [-0.2, -0.15) is 0 Å². The molecule has 0 atom stereocenters. The highest BCUT2D eigenvalue weighted by atomic mass is 35.5. The van der Waals surface area contributed by atoms with Gasteiger partial charge in [0.05, 0.1) is 25.3 Å². The van der Waals surface area contributed by atoms with Crippen molar-refractivity contribution in [3.63, 3.8) is 0 Å². The third-order valence-electron chi connectivity index (χ3n) is 4.50. The number of piperazine rings is 1. The molecule has 28 heavy (non-hydrogen) atoms. The number of amides is 2. The fraction of sp³-hybridized carbons (Fsp3) is 0.500. The van der Waals surface area contributed by atoms with Gasteiger partial charge in [-0.15, -0.1) is 0 Å². The fourth-order valence-electron chi connectivity index (χ4n) is 2.85. The van der Waals surface area contributed by atoms with Crippen LogP contribution in [0.15, 0.2) is 18.2 Å². The summed E-state index contributed by atoms with van der Waals surface area (Å²) in [5.74, 6) is 1.03. The summed E-state index contributed by atoms with van der Waals surface area (Å²) >= 11 is 6.27. The maximum Gasteiger partial charge on any atom is 0.246 e. The number of carbonyl (C=O) groups excluding carboxylic acids is 2. The summed E-state index contributed by atoms with van der Waals surface area (Å²) in [6, 6.07) is 3.52. The number of hydrogen-bond acceptors (Lipinski definition) is 5. The van der Waals surface area contributed by atoms with Crippen molar-refractivity contribution < 1.29 is 19.1 Å². The smallest absolute Gasteiger partial charge is 0.246 e. The highest BCUT2D eigenvalue weighted by molar-refractivity contribution is 6.32. The van der Waals surface area contributed by atoms with Crippen molar-refractivity contribution in [2.75, 3.05) is 60.5 Å².